The molecule has 2 aliphatic heterocycles. The van der Waals surface area contributed by atoms with Gasteiger partial charge in [-0.05, 0) is 12.1 Å². The average Bonchev–Trinajstić information content (AvgIpc) is 3.00. The predicted octanol–water partition coefficient (Wildman–Crippen LogP) is 2.31. The van der Waals surface area contributed by atoms with Gasteiger partial charge in [-0.2, -0.15) is 0 Å². The van der Waals surface area contributed by atoms with E-state index in [1.54, 1.807) is 9.80 Å². The number of nitrogens with one attached hydrogen (secondary N) is 1. The minimum Gasteiger partial charge on any atom is -0.376 e. The highest BCUT2D eigenvalue weighted by molar-refractivity contribution is 6.44. The first-order valence-electron chi connectivity index (χ1n) is 8.87. The summed E-state index contributed by atoms with van der Waals surface area (Å²) in [7, 11) is 0. The highest BCUT2D eigenvalue weighted by atomic mass is 35.5. The fraction of sp³-hybridized carbons (Fsp3) is 0.444. The van der Waals surface area contributed by atoms with Crippen LogP contribution < -0.4 is 0 Å². The second-order valence-electron chi connectivity index (χ2n) is 6.74. The molecule has 0 atom stereocenters. The number of nitrogens with zero attached hydrogens (tertiary/aromatic N) is 2. The molecular formula is C18H18Cl2FN3O4. The zero-order chi connectivity index (χ0) is 19.8. The van der Waals surface area contributed by atoms with E-state index in [2.05, 4.69) is 4.98 Å². The Morgan fingerprint density at radius 1 is 1.14 bits per heavy atom. The molecule has 0 bridgehead atoms. The number of carbonyl (C=O) groups excluding carboxylic acids is 2. The summed E-state index contributed by atoms with van der Waals surface area (Å²) in [5.74, 6) is -1.02. The van der Waals surface area contributed by atoms with Crippen LogP contribution in [-0.2, 0) is 14.3 Å². The number of fused-ring (bicyclic) bond motifs is 1. The van der Waals surface area contributed by atoms with Gasteiger partial charge in [0.1, 0.15) is 24.2 Å². The van der Waals surface area contributed by atoms with Crippen LogP contribution in [0, 0.1) is 5.82 Å². The first kappa shape index (κ1) is 19.4. The minimum absolute atomic E-state index is 0.00682. The van der Waals surface area contributed by atoms with Crippen LogP contribution in [0.3, 0.4) is 0 Å². The third-order valence-corrected chi connectivity index (χ3v) is 5.72. The van der Waals surface area contributed by atoms with Gasteiger partial charge in [-0.15, -0.1) is 0 Å². The van der Waals surface area contributed by atoms with Gasteiger partial charge in [0.2, 0.25) is 5.91 Å². The summed E-state index contributed by atoms with van der Waals surface area (Å²) in [6.07, 6.45) is -0.00682. The molecule has 7 nitrogen and oxygen atoms in total. The summed E-state index contributed by atoms with van der Waals surface area (Å²) < 4.78 is 24.1. The molecule has 0 unspecified atom stereocenters. The number of aromatic amines is 1. The van der Waals surface area contributed by atoms with Crippen molar-refractivity contribution in [1.82, 2.24) is 14.8 Å². The number of aromatic nitrogens is 1. The van der Waals surface area contributed by atoms with Crippen molar-refractivity contribution in [2.45, 2.75) is 6.10 Å². The maximum atomic E-state index is 13.7. The van der Waals surface area contributed by atoms with E-state index >= 15 is 0 Å². The van der Waals surface area contributed by atoms with Gasteiger partial charge in [0.15, 0.2) is 0 Å². The normalized spacial score (nSPS) is 17.8. The molecule has 0 saturated carbocycles. The quantitative estimate of drug-likeness (QED) is 0.808. The van der Waals surface area contributed by atoms with Crippen molar-refractivity contribution in [2.75, 3.05) is 46.0 Å². The molecule has 10 heteroatoms. The van der Waals surface area contributed by atoms with E-state index in [-0.39, 0.29) is 45.7 Å². The van der Waals surface area contributed by atoms with Crippen molar-refractivity contribution in [2.24, 2.45) is 0 Å². The highest BCUT2D eigenvalue weighted by Crippen LogP contribution is 2.35. The molecule has 0 aliphatic carbocycles. The summed E-state index contributed by atoms with van der Waals surface area (Å²) in [5, 5.41) is 0.266. The summed E-state index contributed by atoms with van der Waals surface area (Å²) in [5.41, 5.74) is 0.656. The molecule has 28 heavy (non-hydrogen) atoms. The van der Waals surface area contributed by atoms with E-state index < -0.39 is 5.82 Å². The standard InChI is InChI=1S/C18H18Cl2FN3O4/c19-15-11(21)1-2-12-14(15)16(20)17(22-12)18(26)24-5-3-23(4-6-24)13(25)9-28-10-7-27-8-10/h1-2,10,22H,3-9H2. The number of piperazine rings is 1. The molecule has 1 N–H and O–H groups in total. The topological polar surface area (TPSA) is 74.9 Å². The van der Waals surface area contributed by atoms with Crippen molar-refractivity contribution in [1.29, 1.82) is 0 Å². The lowest BCUT2D eigenvalue weighted by Gasteiger charge is -2.35. The second kappa shape index (κ2) is 7.87. The number of halogens is 3. The Bertz CT molecular complexity index is 923. The molecule has 4 rings (SSSR count). The van der Waals surface area contributed by atoms with Gasteiger partial charge in [-0.1, -0.05) is 23.2 Å². The minimum atomic E-state index is -0.600. The smallest absolute Gasteiger partial charge is 0.271 e. The lowest BCUT2D eigenvalue weighted by atomic mass is 10.2. The van der Waals surface area contributed by atoms with Crippen LogP contribution in [-0.4, -0.2) is 78.7 Å². The number of hydrogen-bond acceptors (Lipinski definition) is 4. The molecule has 2 saturated heterocycles. The Morgan fingerprint density at radius 3 is 2.46 bits per heavy atom. The Balaban J connectivity index is 1.40. The maximum Gasteiger partial charge on any atom is 0.271 e. The van der Waals surface area contributed by atoms with Crippen molar-refractivity contribution in [3.63, 3.8) is 0 Å². The van der Waals surface area contributed by atoms with Gasteiger partial charge in [0, 0.05) is 37.1 Å². The monoisotopic (exact) mass is 429 g/mol. The van der Waals surface area contributed by atoms with Gasteiger partial charge in [0.25, 0.3) is 5.91 Å². The molecule has 2 aromatic rings. The van der Waals surface area contributed by atoms with E-state index in [1.807, 2.05) is 0 Å². The molecule has 1 aromatic heterocycles. The van der Waals surface area contributed by atoms with Crippen LogP contribution >= 0.6 is 23.2 Å². The SMILES string of the molecule is O=C(COC1COC1)N1CCN(C(=O)c2[nH]c3ccc(F)c(Cl)c3c2Cl)CC1. The molecule has 2 aliphatic rings. The molecule has 2 amide bonds. The maximum absolute atomic E-state index is 13.7. The van der Waals surface area contributed by atoms with E-state index in [0.717, 1.165) is 0 Å². The summed E-state index contributed by atoms with van der Waals surface area (Å²) >= 11 is 12.3. The fourth-order valence-electron chi connectivity index (χ4n) is 3.24. The number of ether oxygens (including phenoxy) is 2. The average molecular weight is 430 g/mol. The van der Waals surface area contributed by atoms with Crippen molar-refractivity contribution in [3.05, 3.63) is 33.7 Å². The zero-order valence-electron chi connectivity index (χ0n) is 14.8. The van der Waals surface area contributed by atoms with Crippen molar-refractivity contribution < 1.29 is 23.5 Å². The zero-order valence-corrected chi connectivity index (χ0v) is 16.4. The Labute approximate surface area is 170 Å². The lowest BCUT2D eigenvalue weighted by molar-refractivity contribution is -0.156. The predicted molar refractivity (Wildman–Crippen MR) is 101 cm³/mol. The van der Waals surface area contributed by atoms with E-state index in [4.69, 9.17) is 32.7 Å². The summed E-state index contributed by atoms with van der Waals surface area (Å²) in [6, 6.07) is 2.71. The number of rotatable bonds is 4. The number of hydrogen-bond donors (Lipinski definition) is 1. The van der Waals surface area contributed by atoms with E-state index in [0.29, 0.717) is 44.9 Å². The van der Waals surface area contributed by atoms with Crippen LogP contribution in [0.15, 0.2) is 12.1 Å². The van der Waals surface area contributed by atoms with Crippen LogP contribution in [0.1, 0.15) is 10.5 Å². The molecule has 0 spiro atoms. The van der Waals surface area contributed by atoms with Gasteiger partial charge in [-0.3, -0.25) is 9.59 Å². The first-order valence-corrected chi connectivity index (χ1v) is 9.63. The fourth-order valence-corrected chi connectivity index (χ4v) is 3.87. The molecule has 150 valence electrons. The van der Waals surface area contributed by atoms with E-state index in [1.165, 1.54) is 12.1 Å². The Hall–Kier alpha value is -1.87. The molecule has 2 fully saturated rings. The lowest BCUT2D eigenvalue weighted by Crippen LogP contribution is -2.52. The van der Waals surface area contributed by atoms with Gasteiger partial charge >= 0.3 is 0 Å². The van der Waals surface area contributed by atoms with Crippen LogP contribution in [0.2, 0.25) is 10.0 Å². The number of benzene rings is 1. The largest absolute Gasteiger partial charge is 0.376 e. The number of H-pyrrole nitrogens is 1. The first-order chi connectivity index (χ1) is 13.5. The highest BCUT2D eigenvalue weighted by Gasteiger charge is 2.29. The van der Waals surface area contributed by atoms with Crippen LogP contribution in [0.5, 0.6) is 0 Å². The summed E-state index contributed by atoms with van der Waals surface area (Å²) in [6.45, 7) is 2.60. The van der Waals surface area contributed by atoms with Gasteiger partial charge in [0.05, 0.1) is 23.3 Å². The van der Waals surface area contributed by atoms with Crippen LogP contribution in [0.25, 0.3) is 10.9 Å². The van der Waals surface area contributed by atoms with Crippen molar-refractivity contribution >= 4 is 45.9 Å². The molecule has 0 radical (unpaired) electrons. The van der Waals surface area contributed by atoms with E-state index in [9.17, 15) is 14.0 Å². The third kappa shape index (κ3) is 3.57. The van der Waals surface area contributed by atoms with Crippen molar-refractivity contribution in [3.8, 4) is 0 Å². The number of amides is 2. The van der Waals surface area contributed by atoms with Gasteiger partial charge in [-0.25, -0.2) is 4.39 Å². The Morgan fingerprint density at radius 2 is 1.82 bits per heavy atom. The summed E-state index contributed by atoms with van der Waals surface area (Å²) in [4.78, 5) is 31.3. The van der Waals surface area contributed by atoms with Gasteiger partial charge < -0.3 is 24.3 Å². The van der Waals surface area contributed by atoms with Crippen LogP contribution in [0.4, 0.5) is 4.39 Å². The molecule has 1 aromatic carbocycles. The third-order valence-electron chi connectivity index (χ3n) is 4.98. The Kier molecular flexibility index (Phi) is 5.46. The number of carbonyl (C=O) groups is 2. The molecular weight excluding hydrogens is 412 g/mol. The molecule has 3 heterocycles. The second-order valence-corrected chi connectivity index (χ2v) is 7.50.